The van der Waals surface area contributed by atoms with Gasteiger partial charge >= 0.3 is 0 Å². The van der Waals surface area contributed by atoms with E-state index in [1.807, 2.05) is 6.92 Å². The van der Waals surface area contributed by atoms with E-state index in [1.165, 1.54) is 0 Å². The van der Waals surface area contributed by atoms with Crippen molar-refractivity contribution >= 4 is 0 Å². The molecule has 0 heterocycles. The highest BCUT2D eigenvalue weighted by Gasteiger charge is 1.84. The van der Waals surface area contributed by atoms with Crippen molar-refractivity contribution in [3.8, 4) is 0 Å². The van der Waals surface area contributed by atoms with Crippen LogP contribution in [-0.2, 0) is 9.47 Å². The van der Waals surface area contributed by atoms with Gasteiger partial charge < -0.3 is 14.6 Å². The summed E-state index contributed by atoms with van der Waals surface area (Å²) in [7, 11) is 0. The van der Waals surface area contributed by atoms with E-state index in [-0.39, 0.29) is 6.79 Å². The van der Waals surface area contributed by atoms with E-state index in [9.17, 15) is 0 Å². The van der Waals surface area contributed by atoms with Crippen LogP contribution in [0.2, 0.25) is 0 Å². The maximum atomic E-state index is 8.15. The molecule has 0 saturated heterocycles. The highest BCUT2D eigenvalue weighted by Crippen LogP contribution is 1.79. The van der Waals surface area contributed by atoms with Crippen LogP contribution < -0.4 is 0 Å². The van der Waals surface area contributed by atoms with Gasteiger partial charge in [0.15, 0.2) is 0 Å². The fourth-order valence-electron chi connectivity index (χ4n) is 0.429. The van der Waals surface area contributed by atoms with Crippen LogP contribution in [0.5, 0.6) is 0 Å². The lowest BCUT2D eigenvalue weighted by molar-refractivity contribution is -0.0290. The summed E-state index contributed by atoms with van der Waals surface area (Å²) in [6.07, 6.45) is 1.03. The van der Waals surface area contributed by atoms with Gasteiger partial charge in [-0.25, -0.2) is 0 Å². The Bertz CT molecular complexity index is 41.6. The van der Waals surface area contributed by atoms with Crippen molar-refractivity contribution in [1.29, 1.82) is 0 Å². The maximum absolute atomic E-state index is 8.15. The van der Waals surface area contributed by atoms with Crippen molar-refractivity contribution in [1.82, 2.24) is 0 Å². The molecule has 0 aromatic heterocycles. The number of rotatable bonds is 6. The smallest absolute Gasteiger partial charge is 0.143 e. The summed E-state index contributed by atoms with van der Waals surface area (Å²) in [6, 6.07) is 0. The van der Waals surface area contributed by atoms with E-state index in [1.54, 1.807) is 0 Å². The zero-order valence-electron chi connectivity index (χ0n) is 5.80. The van der Waals surface area contributed by atoms with Crippen molar-refractivity contribution in [3.63, 3.8) is 0 Å². The lowest BCUT2D eigenvalue weighted by atomic mass is 10.5. The van der Waals surface area contributed by atoms with Crippen LogP contribution in [0.1, 0.15) is 13.3 Å². The molecule has 0 amide bonds. The van der Waals surface area contributed by atoms with Gasteiger partial charge in [0.1, 0.15) is 6.79 Å². The molecule has 0 unspecified atom stereocenters. The first-order chi connectivity index (χ1) is 4.41. The molecule has 0 rings (SSSR count). The summed E-state index contributed by atoms with van der Waals surface area (Å²) in [5, 5.41) is 8.15. The highest BCUT2D eigenvalue weighted by atomic mass is 16.6. The molecule has 56 valence electrons. The van der Waals surface area contributed by atoms with Gasteiger partial charge in [0.25, 0.3) is 0 Å². The Kier molecular flexibility index (Phi) is 7.77. The number of aliphatic hydroxyl groups excluding tert-OH is 1. The third-order valence-electron chi connectivity index (χ3n) is 0.812. The molecule has 3 nitrogen and oxygen atoms in total. The molecule has 3 heteroatoms. The number of hydrogen-bond acceptors (Lipinski definition) is 3. The van der Waals surface area contributed by atoms with Gasteiger partial charge in [0.05, 0.1) is 13.2 Å². The van der Waals surface area contributed by atoms with Crippen molar-refractivity contribution in [2.75, 3.05) is 26.6 Å². The molecule has 0 spiro atoms. The van der Waals surface area contributed by atoms with Crippen molar-refractivity contribution < 1.29 is 14.6 Å². The lowest BCUT2D eigenvalue weighted by Gasteiger charge is -2.00. The SMILES string of the molecule is CCCOCCOCO. The molecule has 0 aliphatic carbocycles. The molecular weight excluding hydrogens is 120 g/mol. The Balaban J connectivity index is 2.60. The standard InChI is InChI=1S/C6H14O3/c1-2-3-8-4-5-9-6-7/h7H,2-6H2,1H3. The fourth-order valence-corrected chi connectivity index (χ4v) is 0.429. The molecule has 0 bridgehead atoms. The zero-order chi connectivity index (χ0) is 6.95. The Morgan fingerprint density at radius 1 is 1.11 bits per heavy atom. The molecule has 0 radical (unpaired) electrons. The third kappa shape index (κ3) is 7.88. The second kappa shape index (κ2) is 7.88. The minimum Gasteiger partial charge on any atom is -0.379 e. The highest BCUT2D eigenvalue weighted by molar-refractivity contribution is 4.27. The summed E-state index contributed by atoms with van der Waals surface area (Å²) >= 11 is 0. The van der Waals surface area contributed by atoms with Gasteiger partial charge in [-0.3, -0.25) is 0 Å². The van der Waals surface area contributed by atoms with Crippen LogP contribution in [0.25, 0.3) is 0 Å². The molecule has 0 aromatic carbocycles. The number of aliphatic hydroxyl groups is 1. The molecule has 1 N–H and O–H groups in total. The summed E-state index contributed by atoms with van der Waals surface area (Å²) in [4.78, 5) is 0. The maximum Gasteiger partial charge on any atom is 0.143 e. The van der Waals surface area contributed by atoms with Crippen molar-refractivity contribution in [3.05, 3.63) is 0 Å². The number of ether oxygens (including phenoxy) is 2. The van der Waals surface area contributed by atoms with E-state index < -0.39 is 0 Å². The van der Waals surface area contributed by atoms with Gasteiger partial charge in [-0.15, -0.1) is 0 Å². The van der Waals surface area contributed by atoms with Crippen LogP contribution in [0.4, 0.5) is 0 Å². The first-order valence-corrected chi connectivity index (χ1v) is 3.18. The van der Waals surface area contributed by atoms with E-state index in [2.05, 4.69) is 4.74 Å². The topological polar surface area (TPSA) is 38.7 Å². The monoisotopic (exact) mass is 134 g/mol. The summed E-state index contributed by atoms with van der Waals surface area (Å²) in [5.74, 6) is 0. The predicted octanol–water partition coefficient (Wildman–Crippen LogP) is 0.379. The van der Waals surface area contributed by atoms with E-state index >= 15 is 0 Å². The fraction of sp³-hybridized carbons (Fsp3) is 1.00. The summed E-state index contributed by atoms with van der Waals surface area (Å²) in [6.45, 7) is 3.67. The van der Waals surface area contributed by atoms with Gasteiger partial charge in [-0.1, -0.05) is 6.92 Å². The summed E-state index contributed by atoms with van der Waals surface area (Å²) in [5.41, 5.74) is 0. The van der Waals surface area contributed by atoms with E-state index in [0.29, 0.717) is 13.2 Å². The van der Waals surface area contributed by atoms with Crippen molar-refractivity contribution in [2.24, 2.45) is 0 Å². The van der Waals surface area contributed by atoms with E-state index in [4.69, 9.17) is 9.84 Å². The van der Waals surface area contributed by atoms with Crippen LogP contribution in [0.15, 0.2) is 0 Å². The Morgan fingerprint density at radius 3 is 2.33 bits per heavy atom. The van der Waals surface area contributed by atoms with Gasteiger partial charge in [-0.2, -0.15) is 0 Å². The Morgan fingerprint density at radius 2 is 1.78 bits per heavy atom. The second-order valence-electron chi connectivity index (χ2n) is 1.65. The lowest BCUT2D eigenvalue weighted by Crippen LogP contribution is -2.04. The van der Waals surface area contributed by atoms with Crippen LogP contribution in [0.3, 0.4) is 0 Å². The minimum atomic E-state index is -0.213. The largest absolute Gasteiger partial charge is 0.379 e. The first-order valence-electron chi connectivity index (χ1n) is 3.18. The third-order valence-corrected chi connectivity index (χ3v) is 0.812. The molecular formula is C6H14O3. The molecule has 0 saturated carbocycles. The van der Waals surface area contributed by atoms with Gasteiger partial charge in [0.2, 0.25) is 0 Å². The Hall–Kier alpha value is -0.120. The second-order valence-corrected chi connectivity index (χ2v) is 1.65. The summed E-state index contributed by atoms with van der Waals surface area (Å²) < 4.78 is 9.66. The average Bonchev–Trinajstić information content (AvgIpc) is 1.89. The van der Waals surface area contributed by atoms with Crippen LogP contribution >= 0.6 is 0 Å². The first kappa shape index (κ1) is 8.88. The van der Waals surface area contributed by atoms with Crippen LogP contribution in [-0.4, -0.2) is 31.7 Å². The predicted molar refractivity (Wildman–Crippen MR) is 34.1 cm³/mol. The van der Waals surface area contributed by atoms with E-state index in [0.717, 1.165) is 13.0 Å². The van der Waals surface area contributed by atoms with Crippen molar-refractivity contribution in [2.45, 2.75) is 13.3 Å². The molecule has 0 aliphatic heterocycles. The molecule has 0 atom stereocenters. The quantitative estimate of drug-likeness (QED) is 0.421. The van der Waals surface area contributed by atoms with Crippen LogP contribution in [0, 0.1) is 0 Å². The van der Waals surface area contributed by atoms with Gasteiger partial charge in [0, 0.05) is 6.61 Å². The molecule has 0 fully saturated rings. The zero-order valence-corrected chi connectivity index (χ0v) is 5.80. The minimum absolute atomic E-state index is 0.213. The van der Waals surface area contributed by atoms with Gasteiger partial charge in [-0.05, 0) is 6.42 Å². The number of hydrogen-bond donors (Lipinski definition) is 1. The molecule has 0 aromatic rings. The Labute approximate surface area is 55.6 Å². The normalized spacial score (nSPS) is 10.0. The molecule has 0 aliphatic rings. The average molecular weight is 134 g/mol. The molecule has 9 heavy (non-hydrogen) atoms.